The van der Waals surface area contributed by atoms with Gasteiger partial charge in [0.15, 0.2) is 5.82 Å². The van der Waals surface area contributed by atoms with Crippen LogP contribution in [-0.2, 0) is 6.54 Å². The van der Waals surface area contributed by atoms with Crippen molar-refractivity contribution < 1.29 is 0 Å². The van der Waals surface area contributed by atoms with Crippen LogP contribution < -0.4 is 5.32 Å². The van der Waals surface area contributed by atoms with Crippen molar-refractivity contribution in [2.75, 3.05) is 5.32 Å². The molecule has 0 amide bonds. The molecule has 102 valence electrons. The van der Waals surface area contributed by atoms with Gasteiger partial charge in [0, 0.05) is 37.3 Å². The number of pyridine rings is 1. The van der Waals surface area contributed by atoms with Crippen LogP contribution in [0.4, 0.5) is 5.82 Å². The van der Waals surface area contributed by atoms with E-state index in [0.29, 0.717) is 12.5 Å². The van der Waals surface area contributed by atoms with E-state index in [1.807, 2.05) is 28.9 Å². The quantitative estimate of drug-likeness (QED) is 0.786. The molecule has 0 saturated carbocycles. The lowest BCUT2D eigenvalue weighted by Gasteiger charge is -2.07. The standard InChI is InChI=1S/C14H16N6/c1-10(2)13-18-19-14-12(16-6-7-20(13)14)17-9-11-4-3-5-15-8-11/h3-8,10H,9H2,1-2H3,(H,16,17). The van der Waals surface area contributed by atoms with Gasteiger partial charge in [0.2, 0.25) is 5.65 Å². The van der Waals surface area contributed by atoms with E-state index in [1.165, 1.54) is 0 Å². The van der Waals surface area contributed by atoms with E-state index < -0.39 is 0 Å². The van der Waals surface area contributed by atoms with Gasteiger partial charge in [-0.25, -0.2) is 4.98 Å². The van der Waals surface area contributed by atoms with Gasteiger partial charge < -0.3 is 5.32 Å². The van der Waals surface area contributed by atoms with Crippen molar-refractivity contribution in [3.8, 4) is 0 Å². The zero-order valence-corrected chi connectivity index (χ0v) is 11.5. The Morgan fingerprint density at radius 3 is 2.90 bits per heavy atom. The summed E-state index contributed by atoms with van der Waals surface area (Å²) in [6.07, 6.45) is 7.24. The van der Waals surface area contributed by atoms with Crippen molar-refractivity contribution in [2.24, 2.45) is 0 Å². The van der Waals surface area contributed by atoms with Crippen molar-refractivity contribution in [1.82, 2.24) is 24.6 Å². The highest BCUT2D eigenvalue weighted by Crippen LogP contribution is 2.17. The summed E-state index contributed by atoms with van der Waals surface area (Å²) >= 11 is 0. The molecule has 6 heteroatoms. The van der Waals surface area contributed by atoms with Gasteiger partial charge in [-0.05, 0) is 11.6 Å². The minimum atomic E-state index is 0.318. The molecule has 0 aliphatic carbocycles. The van der Waals surface area contributed by atoms with Gasteiger partial charge in [0.1, 0.15) is 5.82 Å². The van der Waals surface area contributed by atoms with E-state index in [4.69, 9.17) is 0 Å². The summed E-state index contributed by atoms with van der Waals surface area (Å²) < 4.78 is 1.98. The third-order valence-electron chi connectivity index (χ3n) is 3.05. The van der Waals surface area contributed by atoms with Crippen LogP contribution in [0, 0.1) is 0 Å². The maximum absolute atomic E-state index is 4.34. The highest BCUT2D eigenvalue weighted by atomic mass is 15.3. The third kappa shape index (κ3) is 2.32. The summed E-state index contributed by atoms with van der Waals surface area (Å²) in [5.41, 5.74) is 1.85. The maximum Gasteiger partial charge on any atom is 0.203 e. The monoisotopic (exact) mass is 268 g/mol. The molecule has 3 heterocycles. The highest BCUT2D eigenvalue weighted by molar-refractivity contribution is 5.62. The van der Waals surface area contributed by atoms with Crippen LogP contribution in [0.1, 0.15) is 31.2 Å². The van der Waals surface area contributed by atoms with E-state index in [-0.39, 0.29) is 0 Å². The zero-order valence-electron chi connectivity index (χ0n) is 11.5. The fraction of sp³-hybridized carbons (Fsp3) is 0.286. The molecule has 20 heavy (non-hydrogen) atoms. The molecular formula is C14H16N6. The topological polar surface area (TPSA) is 68.0 Å². The Labute approximate surface area is 116 Å². The van der Waals surface area contributed by atoms with Gasteiger partial charge >= 0.3 is 0 Å². The first-order valence-electron chi connectivity index (χ1n) is 6.58. The first-order valence-corrected chi connectivity index (χ1v) is 6.58. The molecule has 0 aliphatic rings. The van der Waals surface area contributed by atoms with E-state index >= 15 is 0 Å². The van der Waals surface area contributed by atoms with Crippen LogP contribution in [0.5, 0.6) is 0 Å². The number of nitrogens with zero attached hydrogens (tertiary/aromatic N) is 5. The molecule has 0 unspecified atom stereocenters. The summed E-state index contributed by atoms with van der Waals surface area (Å²) in [4.78, 5) is 8.43. The first-order chi connectivity index (χ1) is 9.75. The predicted molar refractivity (Wildman–Crippen MR) is 76.4 cm³/mol. The Bertz CT molecular complexity index is 704. The number of hydrogen-bond acceptors (Lipinski definition) is 5. The minimum absolute atomic E-state index is 0.318. The van der Waals surface area contributed by atoms with Crippen LogP contribution in [0.3, 0.4) is 0 Å². The lowest BCUT2D eigenvalue weighted by Crippen LogP contribution is -2.04. The molecule has 0 bridgehead atoms. The van der Waals surface area contributed by atoms with Gasteiger partial charge in [-0.15, -0.1) is 10.2 Å². The van der Waals surface area contributed by atoms with Crippen LogP contribution in [-0.4, -0.2) is 24.6 Å². The largest absolute Gasteiger partial charge is 0.363 e. The third-order valence-corrected chi connectivity index (χ3v) is 3.05. The predicted octanol–water partition coefficient (Wildman–Crippen LogP) is 2.25. The molecule has 3 aromatic rings. The lowest BCUT2D eigenvalue weighted by atomic mass is 10.2. The molecule has 0 aromatic carbocycles. The summed E-state index contributed by atoms with van der Waals surface area (Å²) in [5, 5.41) is 11.7. The number of anilines is 1. The minimum Gasteiger partial charge on any atom is -0.363 e. The molecule has 0 fully saturated rings. The number of hydrogen-bond donors (Lipinski definition) is 1. The molecule has 3 aromatic heterocycles. The molecule has 0 atom stereocenters. The second-order valence-corrected chi connectivity index (χ2v) is 4.90. The van der Waals surface area contributed by atoms with Gasteiger partial charge in [0.25, 0.3) is 0 Å². The Kier molecular flexibility index (Phi) is 3.28. The molecule has 1 N–H and O–H groups in total. The molecule has 0 radical (unpaired) electrons. The summed E-state index contributed by atoms with van der Waals surface area (Å²) in [6, 6.07) is 3.93. The average Bonchev–Trinajstić information content (AvgIpc) is 2.91. The van der Waals surface area contributed by atoms with E-state index in [0.717, 1.165) is 22.9 Å². The number of rotatable bonds is 4. The molecule has 0 aliphatic heterocycles. The van der Waals surface area contributed by atoms with Crippen molar-refractivity contribution >= 4 is 11.5 Å². The van der Waals surface area contributed by atoms with Crippen LogP contribution >= 0.6 is 0 Å². The second-order valence-electron chi connectivity index (χ2n) is 4.90. The van der Waals surface area contributed by atoms with Crippen LogP contribution in [0.25, 0.3) is 5.65 Å². The Hall–Kier alpha value is -2.50. The number of nitrogens with one attached hydrogen (secondary N) is 1. The lowest BCUT2D eigenvalue weighted by molar-refractivity contribution is 0.758. The normalized spacial score (nSPS) is 11.2. The van der Waals surface area contributed by atoms with Gasteiger partial charge in [-0.3, -0.25) is 9.38 Å². The molecule has 0 spiro atoms. The smallest absolute Gasteiger partial charge is 0.203 e. The average molecular weight is 268 g/mol. The number of fused-ring (bicyclic) bond motifs is 1. The Morgan fingerprint density at radius 2 is 2.15 bits per heavy atom. The van der Waals surface area contributed by atoms with Crippen molar-refractivity contribution in [3.05, 3.63) is 48.3 Å². The van der Waals surface area contributed by atoms with Gasteiger partial charge in [0.05, 0.1) is 0 Å². The van der Waals surface area contributed by atoms with Crippen molar-refractivity contribution in [3.63, 3.8) is 0 Å². The zero-order chi connectivity index (χ0) is 13.9. The summed E-state index contributed by atoms with van der Waals surface area (Å²) in [5.74, 6) is 1.99. The second kappa shape index (κ2) is 5.24. The van der Waals surface area contributed by atoms with E-state index in [9.17, 15) is 0 Å². The SMILES string of the molecule is CC(C)c1nnc2c(NCc3cccnc3)nccn12. The van der Waals surface area contributed by atoms with Crippen LogP contribution in [0.15, 0.2) is 36.9 Å². The van der Waals surface area contributed by atoms with Crippen molar-refractivity contribution in [1.29, 1.82) is 0 Å². The van der Waals surface area contributed by atoms with Gasteiger partial charge in [-0.1, -0.05) is 19.9 Å². The molecule has 3 rings (SSSR count). The highest BCUT2D eigenvalue weighted by Gasteiger charge is 2.12. The van der Waals surface area contributed by atoms with Crippen LogP contribution in [0.2, 0.25) is 0 Å². The van der Waals surface area contributed by atoms with E-state index in [2.05, 4.69) is 39.3 Å². The Morgan fingerprint density at radius 1 is 1.25 bits per heavy atom. The van der Waals surface area contributed by atoms with Crippen molar-refractivity contribution in [2.45, 2.75) is 26.3 Å². The Balaban J connectivity index is 1.89. The fourth-order valence-electron chi connectivity index (χ4n) is 2.05. The molecule has 6 nitrogen and oxygen atoms in total. The number of aromatic nitrogens is 5. The summed E-state index contributed by atoms with van der Waals surface area (Å²) in [6.45, 7) is 4.85. The van der Waals surface area contributed by atoms with Gasteiger partial charge in [-0.2, -0.15) is 0 Å². The molecule has 0 saturated heterocycles. The fourth-order valence-corrected chi connectivity index (χ4v) is 2.05. The first kappa shape index (κ1) is 12.5. The maximum atomic E-state index is 4.34. The van der Waals surface area contributed by atoms with E-state index in [1.54, 1.807) is 12.4 Å². The summed E-state index contributed by atoms with van der Waals surface area (Å²) in [7, 11) is 0. The molecular weight excluding hydrogens is 252 g/mol.